The number of aryl methyl sites for hydroxylation is 1. The maximum Gasteiger partial charge on any atom is 0.262 e. The zero-order valence-corrected chi connectivity index (χ0v) is 21.6. The van der Waals surface area contributed by atoms with E-state index in [-0.39, 0.29) is 24.2 Å². The summed E-state index contributed by atoms with van der Waals surface area (Å²) in [5.74, 6) is 0.155. The van der Waals surface area contributed by atoms with Crippen molar-refractivity contribution in [2.75, 3.05) is 11.4 Å². The smallest absolute Gasteiger partial charge is 0.262 e. The van der Waals surface area contributed by atoms with Gasteiger partial charge in [-0.2, -0.15) is 0 Å². The Labute approximate surface area is 219 Å². The van der Waals surface area contributed by atoms with Crippen molar-refractivity contribution in [2.45, 2.75) is 70.2 Å². The molecule has 0 bridgehead atoms. The number of nitrogens with zero attached hydrogens (tertiary/aromatic N) is 5. The molecular weight excluding hydrogens is 487 g/mol. The summed E-state index contributed by atoms with van der Waals surface area (Å²) in [6, 6.07) is 8.40. The zero-order valence-electron chi connectivity index (χ0n) is 21.6. The number of rotatable bonds is 4. The van der Waals surface area contributed by atoms with Crippen LogP contribution in [-0.4, -0.2) is 54.7 Å². The first kappa shape index (κ1) is 24.7. The quantitative estimate of drug-likeness (QED) is 0.487. The number of aromatic nitrogens is 3. The second-order valence-electron chi connectivity index (χ2n) is 11.0. The first-order valence-corrected chi connectivity index (χ1v) is 13.0. The van der Waals surface area contributed by atoms with E-state index in [2.05, 4.69) is 9.98 Å². The maximum atomic E-state index is 16.1. The summed E-state index contributed by atoms with van der Waals surface area (Å²) in [6.45, 7) is 6.40. The predicted molar refractivity (Wildman–Crippen MR) is 140 cm³/mol. The molecule has 2 unspecified atom stereocenters. The van der Waals surface area contributed by atoms with Crippen molar-refractivity contribution in [1.29, 1.82) is 0 Å². The molecule has 1 aliphatic carbocycles. The van der Waals surface area contributed by atoms with Gasteiger partial charge >= 0.3 is 0 Å². The molecule has 38 heavy (non-hydrogen) atoms. The normalized spacial score (nSPS) is 24.9. The molecule has 2 aliphatic heterocycles. The van der Waals surface area contributed by atoms with E-state index in [1.54, 1.807) is 37.3 Å². The fourth-order valence-electron chi connectivity index (χ4n) is 6.05. The molecule has 3 aliphatic rings. The molecule has 2 aromatic heterocycles. The number of nitrogens with two attached hydrogens (primary N) is 1. The van der Waals surface area contributed by atoms with Crippen LogP contribution in [0, 0.1) is 12.7 Å². The van der Waals surface area contributed by atoms with Crippen molar-refractivity contribution in [1.82, 2.24) is 14.5 Å². The van der Waals surface area contributed by atoms with Gasteiger partial charge in [-0.1, -0.05) is 6.07 Å². The zero-order chi connectivity index (χ0) is 26.9. The minimum Gasteiger partial charge on any atom is -0.390 e. The van der Waals surface area contributed by atoms with Crippen LogP contribution in [0.5, 0.6) is 0 Å². The van der Waals surface area contributed by atoms with E-state index >= 15 is 4.39 Å². The highest BCUT2D eigenvalue weighted by Gasteiger charge is 2.43. The molecule has 0 spiro atoms. The van der Waals surface area contributed by atoms with Gasteiger partial charge in [0.25, 0.3) is 5.91 Å². The van der Waals surface area contributed by atoms with Crippen molar-refractivity contribution in [2.24, 2.45) is 10.7 Å². The van der Waals surface area contributed by atoms with Crippen LogP contribution in [0.25, 0.3) is 11.3 Å². The van der Waals surface area contributed by atoms with E-state index in [0.717, 1.165) is 5.82 Å². The monoisotopic (exact) mass is 518 g/mol. The third-order valence-corrected chi connectivity index (χ3v) is 7.82. The molecule has 1 amide bonds. The largest absolute Gasteiger partial charge is 0.390 e. The Kier molecular flexibility index (Phi) is 5.66. The van der Waals surface area contributed by atoms with E-state index in [4.69, 9.17) is 10.7 Å². The molecule has 2 atom stereocenters. The highest BCUT2D eigenvalue weighted by atomic mass is 19.1. The SMILES string of the molecule is Cc1cccc(C(O)C(=O)N2CCc3c2ccc(-c2nc(C4CC(C)(O)C4)n4c2C(N)=NC(C)C4)c3F)n1. The van der Waals surface area contributed by atoms with Gasteiger partial charge in [0.1, 0.15) is 28.9 Å². The van der Waals surface area contributed by atoms with Crippen LogP contribution in [0.3, 0.4) is 0 Å². The van der Waals surface area contributed by atoms with E-state index in [1.165, 1.54) is 4.90 Å². The van der Waals surface area contributed by atoms with Gasteiger partial charge in [-0.25, -0.2) is 9.37 Å². The number of amides is 1. The first-order chi connectivity index (χ1) is 18.0. The number of fused-ring (bicyclic) bond motifs is 2. The summed E-state index contributed by atoms with van der Waals surface area (Å²) in [7, 11) is 0. The van der Waals surface area contributed by atoms with E-state index in [0.29, 0.717) is 65.5 Å². The summed E-state index contributed by atoms with van der Waals surface area (Å²) >= 11 is 0. The van der Waals surface area contributed by atoms with Crippen molar-refractivity contribution < 1.29 is 19.4 Å². The van der Waals surface area contributed by atoms with Crippen molar-refractivity contribution in [3.05, 3.63) is 64.6 Å². The fourth-order valence-corrected chi connectivity index (χ4v) is 6.05. The summed E-state index contributed by atoms with van der Waals surface area (Å²) in [5, 5.41) is 21.0. The number of hydrogen-bond donors (Lipinski definition) is 3. The summed E-state index contributed by atoms with van der Waals surface area (Å²) in [6.07, 6.45) is 0.0276. The van der Waals surface area contributed by atoms with Crippen LogP contribution in [0.1, 0.15) is 67.2 Å². The number of benzene rings is 1. The van der Waals surface area contributed by atoms with Crippen LogP contribution in [0.15, 0.2) is 35.3 Å². The third-order valence-electron chi connectivity index (χ3n) is 7.82. The highest BCUT2D eigenvalue weighted by molar-refractivity contribution is 6.03. The molecule has 3 aromatic rings. The minimum atomic E-state index is -1.44. The molecule has 1 saturated carbocycles. The van der Waals surface area contributed by atoms with Gasteiger partial charge in [0, 0.05) is 41.5 Å². The fraction of sp³-hybridized carbons (Fsp3) is 0.429. The van der Waals surface area contributed by atoms with Crippen LogP contribution >= 0.6 is 0 Å². The second kappa shape index (κ2) is 8.71. The van der Waals surface area contributed by atoms with Gasteiger partial charge in [0.15, 0.2) is 6.10 Å². The van der Waals surface area contributed by atoms with E-state index < -0.39 is 23.4 Å². The lowest BCUT2D eigenvalue weighted by molar-refractivity contribution is -0.127. The van der Waals surface area contributed by atoms with Crippen LogP contribution in [0.2, 0.25) is 0 Å². The topological polar surface area (TPSA) is 130 Å². The van der Waals surface area contributed by atoms with Crippen molar-refractivity contribution in [3.8, 4) is 11.3 Å². The number of hydrogen-bond acceptors (Lipinski definition) is 7. The summed E-state index contributed by atoms with van der Waals surface area (Å²) < 4.78 is 18.1. The van der Waals surface area contributed by atoms with Gasteiger partial charge in [0.05, 0.1) is 17.3 Å². The van der Waals surface area contributed by atoms with Crippen molar-refractivity contribution >= 4 is 17.4 Å². The number of carbonyl (C=O) groups is 1. The number of carbonyl (C=O) groups excluding carboxylic acids is 1. The molecule has 0 saturated heterocycles. The first-order valence-electron chi connectivity index (χ1n) is 13.0. The highest BCUT2D eigenvalue weighted by Crippen LogP contribution is 2.46. The Morgan fingerprint density at radius 1 is 1.24 bits per heavy atom. The number of aliphatic hydroxyl groups is 2. The minimum absolute atomic E-state index is 0.0392. The van der Waals surface area contributed by atoms with Gasteiger partial charge in [0.2, 0.25) is 0 Å². The Hall–Kier alpha value is -3.63. The molecule has 198 valence electrons. The number of imidazole rings is 1. The Balaban J connectivity index is 1.37. The molecule has 4 heterocycles. The lowest BCUT2D eigenvalue weighted by Gasteiger charge is -2.40. The van der Waals surface area contributed by atoms with Crippen LogP contribution in [-0.2, 0) is 17.8 Å². The van der Waals surface area contributed by atoms with Gasteiger partial charge in [-0.15, -0.1) is 0 Å². The average Bonchev–Trinajstić information content (AvgIpc) is 3.44. The molecule has 9 nitrogen and oxygen atoms in total. The Bertz CT molecular complexity index is 1490. The standard InChI is InChI=1S/C28H31FN6O3/c1-14-5-4-6-19(31-14)24(36)27(37)34-10-9-17-20(34)8-7-18(21(17)29)22-23-25(30)32-15(2)13-35(23)26(33-22)16-11-28(3,38)12-16/h4-8,15-16,24,36,38H,9-13H2,1-3H3,(H2,30,32). The average molecular weight is 519 g/mol. The predicted octanol–water partition coefficient (Wildman–Crippen LogP) is 2.75. The van der Waals surface area contributed by atoms with Crippen molar-refractivity contribution in [3.63, 3.8) is 0 Å². The van der Waals surface area contributed by atoms with Gasteiger partial charge in [-0.05, 0) is 64.3 Å². The van der Waals surface area contributed by atoms with Gasteiger partial charge < -0.3 is 25.4 Å². The molecule has 4 N–H and O–H groups in total. The number of pyridine rings is 1. The number of amidine groups is 1. The lowest BCUT2D eigenvalue weighted by atomic mass is 9.72. The summed E-state index contributed by atoms with van der Waals surface area (Å²) in [4.78, 5) is 28.2. The van der Waals surface area contributed by atoms with E-state index in [9.17, 15) is 15.0 Å². The maximum absolute atomic E-state index is 16.1. The third kappa shape index (κ3) is 3.90. The molecule has 1 aromatic carbocycles. The number of anilines is 1. The van der Waals surface area contributed by atoms with E-state index in [1.807, 2.05) is 18.4 Å². The molecule has 6 rings (SSSR count). The molecular formula is C28H31FN6O3. The van der Waals surface area contributed by atoms with Crippen LogP contribution in [0.4, 0.5) is 10.1 Å². The summed E-state index contributed by atoms with van der Waals surface area (Å²) in [5.41, 5.74) is 8.72. The Morgan fingerprint density at radius 3 is 2.71 bits per heavy atom. The Morgan fingerprint density at radius 2 is 2.00 bits per heavy atom. The van der Waals surface area contributed by atoms with Gasteiger partial charge in [-0.3, -0.25) is 14.8 Å². The number of halogens is 1. The van der Waals surface area contributed by atoms with Crippen LogP contribution < -0.4 is 10.6 Å². The molecule has 10 heteroatoms. The molecule has 1 fully saturated rings. The molecule has 0 radical (unpaired) electrons. The number of aliphatic hydroxyl groups excluding tert-OH is 1. The number of aliphatic imine (C=N–C) groups is 1. The lowest BCUT2D eigenvalue weighted by Crippen LogP contribution is -2.41. The second-order valence-corrected chi connectivity index (χ2v) is 11.0.